The molecule has 0 fully saturated rings. The molecule has 3 aromatic heterocycles. The van der Waals surface area contributed by atoms with Crippen LogP contribution in [0.3, 0.4) is 0 Å². The van der Waals surface area contributed by atoms with Crippen molar-refractivity contribution < 1.29 is 24.4 Å². The van der Waals surface area contributed by atoms with Gasteiger partial charge in [0.25, 0.3) is 0 Å². The summed E-state index contributed by atoms with van der Waals surface area (Å²) in [5.74, 6) is 2.68. The molecule has 8 nitrogen and oxygen atoms in total. The fraction of sp³-hybridized carbons (Fsp3) is 0.384. The Labute approximate surface area is 483 Å². The van der Waals surface area contributed by atoms with E-state index in [0.717, 1.165) is 112 Å². The summed E-state index contributed by atoms with van der Waals surface area (Å²) in [6.07, 6.45) is 7.45. The molecule has 0 atom stereocenters. The number of phenols is 2. The summed E-state index contributed by atoms with van der Waals surface area (Å²) in [6.45, 7) is 34.4. The summed E-state index contributed by atoms with van der Waals surface area (Å²) in [6, 6.07) is 40.2. The van der Waals surface area contributed by atoms with E-state index in [2.05, 4.69) is 165 Å². The quantitative estimate of drug-likeness (QED) is 0.147. The lowest BCUT2D eigenvalue weighted by Crippen LogP contribution is -2.17. The highest BCUT2D eigenvalue weighted by atomic mass is 16.5. The predicted molar refractivity (Wildman–Crippen MR) is 329 cm³/mol. The Morgan fingerprint density at radius 1 is 0.309 bits per heavy atom. The number of hydrogen-bond acceptors (Lipinski definition) is 8. The van der Waals surface area contributed by atoms with E-state index in [4.69, 9.17) is 29.2 Å². The maximum Gasteiger partial charge on any atom is 0.130 e. The minimum atomic E-state index is -0.273. The molecule has 0 amide bonds. The third-order valence-electron chi connectivity index (χ3n) is 15.8. The monoisotopic (exact) mass is 1080 g/mol. The fourth-order valence-electron chi connectivity index (χ4n) is 10.7. The van der Waals surface area contributed by atoms with Crippen LogP contribution < -0.4 is 14.2 Å². The molecule has 0 saturated carbocycles. The lowest BCUT2D eigenvalue weighted by Gasteiger charge is -2.28. The number of ether oxygens (including phenoxy) is 3. The molecule has 3 heterocycles. The highest BCUT2D eigenvalue weighted by Crippen LogP contribution is 2.45. The van der Waals surface area contributed by atoms with Crippen LogP contribution in [-0.2, 0) is 79.0 Å². The van der Waals surface area contributed by atoms with Crippen molar-refractivity contribution >= 4 is 0 Å². The standard InChI is InChI=1S/C73H85N3O5/c1-69(2,3)56-33-46-28-47-34-57(70(4,5)6)36-49(65(47)78)30-51-38-59(72(10,11)12)40-53(67(51)80-44-62-23-17-20-26-75-62)32-55-42-60(73(13,14)15)41-54(68(55)81-45-63-24-18-21-27-76-63)31-52-39-58(71(7,8)9)37-50(29-48(35-56)64(46)77)66(52)79-43-61-22-16-19-25-74-61/h16-27,33-42,77-78H,28-32,43-45H2,1-15H3. The van der Waals surface area contributed by atoms with E-state index in [-0.39, 0.29) is 58.4 Å². The molecule has 1 aliphatic rings. The van der Waals surface area contributed by atoms with Crippen molar-refractivity contribution in [3.63, 3.8) is 0 Å². The highest BCUT2D eigenvalue weighted by molar-refractivity contribution is 5.60. The van der Waals surface area contributed by atoms with Gasteiger partial charge in [-0.2, -0.15) is 0 Å². The number of fused-ring (bicyclic) bond motifs is 10. The average Bonchev–Trinajstić information content (AvgIpc) is 3.39. The largest absolute Gasteiger partial charge is 0.507 e. The maximum absolute atomic E-state index is 12.9. The number of phenolic OH excluding ortho intramolecular Hbond substituents is 2. The van der Waals surface area contributed by atoms with Gasteiger partial charge in [-0.15, -0.1) is 0 Å². The Kier molecular flexibility index (Phi) is 16.4. The molecule has 0 aliphatic heterocycles. The molecule has 81 heavy (non-hydrogen) atoms. The van der Waals surface area contributed by atoms with Crippen LogP contribution in [0, 0.1) is 0 Å². The molecule has 1 aliphatic carbocycles. The molecular formula is C73H85N3O5. The number of pyridine rings is 3. The molecule has 0 saturated heterocycles. The molecule has 0 spiro atoms. The van der Waals surface area contributed by atoms with Crippen molar-refractivity contribution in [3.8, 4) is 28.7 Å². The zero-order valence-electron chi connectivity index (χ0n) is 50.8. The van der Waals surface area contributed by atoms with Crippen LogP contribution in [-0.4, -0.2) is 25.2 Å². The van der Waals surface area contributed by atoms with Crippen molar-refractivity contribution in [2.45, 2.75) is 183 Å². The van der Waals surface area contributed by atoms with Gasteiger partial charge in [-0.3, -0.25) is 15.0 Å². The van der Waals surface area contributed by atoms with E-state index in [9.17, 15) is 10.2 Å². The van der Waals surface area contributed by atoms with Gasteiger partial charge >= 0.3 is 0 Å². The highest BCUT2D eigenvalue weighted by Gasteiger charge is 2.30. The van der Waals surface area contributed by atoms with Crippen LogP contribution in [0.5, 0.6) is 28.7 Å². The van der Waals surface area contributed by atoms with Crippen molar-refractivity contribution in [2.24, 2.45) is 0 Å². The van der Waals surface area contributed by atoms with E-state index in [1.807, 2.05) is 60.8 Å². The van der Waals surface area contributed by atoms with Crippen LogP contribution in [0.15, 0.2) is 134 Å². The molecule has 10 bridgehead atoms. The molecule has 5 aromatic carbocycles. The zero-order valence-corrected chi connectivity index (χ0v) is 50.8. The second-order valence-corrected chi connectivity index (χ2v) is 27.6. The van der Waals surface area contributed by atoms with Crippen molar-refractivity contribution in [2.75, 3.05) is 0 Å². The molecule has 8 aromatic rings. The van der Waals surface area contributed by atoms with E-state index in [0.29, 0.717) is 32.1 Å². The molecule has 8 heteroatoms. The molecule has 0 radical (unpaired) electrons. The number of aromatic nitrogens is 3. The Morgan fingerprint density at radius 2 is 0.506 bits per heavy atom. The van der Waals surface area contributed by atoms with Crippen LogP contribution in [0.2, 0.25) is 0 Å². The predicted octanol–water partition coefficient (Wildman–Crippen LogP) is 16.8. The summed E-state index contributed by atoms with van der Waals surface area (Å²) in [5, 5.41) is 25.8. The maximum atomic E-state index is 12.9. The average molecular weight is 1080 g/mol. The summed E-state index contributed by atoms with van der Waals surface area (Å²) < 4.78 is 21.6. The van der Waals surface area contributed by atoms with Crippen molar-refractivity contribution in [1.82, 2.24) is 15.0 Å². The van der Waals surface area contributed by atoms with Crippen LogP contribution in [0.25, 0.3) is 0 Å². The van der Waals surface area contributed by atoms with Gasteiger partial charge in [0.05, 0.1) is 17.1 Å². The van der Waals surface area contributed by atoms with Gasteiger partial charge < -0.3 is 24.4 Å². The van der Waals surface area contributed by atoms with E-state index in [1.165, 1.54) is 5.56 Å². The molecular weight excluding hydrogens is 999 g/mol. The third kappa shape index (κ3) is 13.8. The zero-order chi connectivity index (χ0) is 58.2. The molecule has 422 valence electrons. The van der Waals surface area contributed by atoms with E-state index in [1.54, 1.807) is 12.4 Å². The topological polar surface area (TPSA) is 107 Å². The fourth-order valence-corrected chi connectivity index (χ4v) is 10.7. The van der Waals surface area contributed by atoms with Crippen LogP contribution >= 0.6 is 0 Å². The van der Waals surface area contributed by atoms with E-state index < -0.39 is 0 Å². The summed E-state index contributed by atoms with van der Waals surface area (Å²) in [5.41, 5.74) is 15.8. The van der Waals surface area contributed by atoms with Crippen molar-refractivity contribution in [1.29, 1.82) is 0 Å². The summed E-state index contributed by atoms with van der Waals surface area (Å²) in [7, 11) is 0. The first kappa shape index (κ1) is 58.2. The smallest absolute Gasteiger partial charge is 0.130 e. The van der Waals surface area contributed by atoms with Gasteiger partial charge in [0.1, 0.15) is 48.6 Å². The Hall–Kier alpha value is -7.45. The SMILES string of the molecule is CC(C)(C)c1cc2c(O)c(c1)Cc1cc(C(C)(C)C)cc(c1OCc1ccccn1)Cc1cc(C(C)(C)C)cc(c1OCc1ccccn1)Cc1cc(C(C)(C)C)cc(c1OCc1ccccn1)Cc1cc(C(C)(C)C)cc(c1O)C2. The third-order valence-corrected chi connectivity index (χ3v) is 15.8. The normalized spacial score (nSPS) is 13.4. The van der Waals surface area contributed by atoms with Gasteiger partial charge in [-0.25, -0.2) is 0 Å². The first-order valence-corrected chi connectivity index (χ1v) is 28.9. The van der Waals surface area contributed by atoms with Gasteiger partial charge in [-0.1, -0.05) is 183 Å². The lowest BCUT2D eigenvalue weighted by atomic mass is 9.79. The van der Waals surface area contributed by atoms with Crippen LogP contribution in [0.1, 0.15) is 204 Å². The van der Waals surface area contributed by atoms with Crippen LogP contribution in [0.4, 0.5) is 0 Å². The van der Waals surface area contributed by atoms with Gasteiger partial charge in [0, 0.05) is 50.7 Å². The second kappa shape index (κ2) is 22.8. The summed E-state index contributed by atoms with van der Waals surface area (Å²) in [4.78, 5) is 14.2. The first-order chi connectivity index (χ1) is 38.1. The van der Waals surface area contributed by atoms with Gasteiger partial charge in [0.15, 0.2) is 0 Å². The Balaban J connectivity index is 1.41. The van der Waals surface area contributed by atoms with Gasteiger partial charge in [0.2, 0.25) is 0 Å². The first-order valence-electron chi connectivity index (χ1n) is 28.9. The Bertz CT molecular complexity index is 3330. The number of nitrogens with zero attached hydrogens (tertiary/aromatic N) is 3. The Morgan fingerprint density at radius 3 is 0.704 bits per heavy atom. The number of hydrogen-bond donors (Lipinski definition) is 2. The molecule has 9 rings (SSSR count). The minimum absolute atomic E-state index is 0.207. The second-order valence-electron chi connectivity index (χ2n) is 27.6. The van der Waals surface area contributed by atoms with E-state index >= 15 is 0 Å². The van der Waals surface area contributed by atoms with Crippen molar-refractivity contribution in [3.05, 3.63) is 234 Å². The number of benzene rings is 5. The number of aromatic hydroxyl groups is 2. The molecule has 0 unspecified atom stereocenters. The number of rotatable bonds is 9. The van der Waals surface area contributed by atoms with Gasteiger partial charge in [-0.05, 0) is 147 Å². The minimum Gasteiger partial charge on any atom is -0.507 e. The lowest BCUT2D eigenvalue weighted by molar-refractivity contribution is 0.290. The molecule has 2 N–H and O–H groups in total. The summed E-state index contributed by atoms with van der Waals surface area (Å²) >= 11 is 0.